The van der Waals surface area contributed by atoms with Crippen molar-refractivity contribution >= 4 is 22.6 Å². The van der Waals surface area contributed by atoms with Crippen LogP contribution in [0.5, 0.6) is 11.8 Å². The molecule has 2 N–H and O–H groups in total. The summed E-state index contributed by atoms with van der Waals surface area (Å²) in [7, 11) is 0. The lowest BCUT2D eigenvalue weighted by Crippen LogP contribution is -2.05. The van der Waals surface area contributed by atoms with Gasteiger partial charge < -0.3 is 10.2 Å². The summed E-state index contributed by atoms with van der Waals surface area (Å²) in [6, 6.07) is 16.4. The van der Waals surface area contributed by atoms with E-state index in [4.69, 9.17) is 0 Å². The average molecular weight is 414 g/mol. The number of benzene rings is 2. The molecule has 1 atom stereocenters. The van der Waals surface area contributed by atoms with E-state index in [2.05, 4.69) is 15.2 Å². The van der Waals surface area contributed by atoms with Gasteiger partial charge in [0.05, 0.1) is 6.04 Å². The molecule has 0 aliphatic carbocycles. The minimum absolute atomic E-state index is 0.114. The second-order valence-electron chi connectivity index (χ2n) is 6.91. The summed E-state index contributed by atoms with van der Waals surface area (Å²) in [4.78, 5) is 28.2. The van der Waals surface area contributed by atoms with Crippen molar-refractivity contribution in [2.24, 2.45) is 10.2 Å². The van der Waals surface area contributed by atoms with E-state index in [0.717, 1.165) is 5.56 Å². The molecule has 2 amide bonds. The van der Waals surface area contributed by atoms with Crippen molar-refractivity contribution in [1.29, 1.82) is 0 Å². The highest BCUT2D eigenvalue weighted by molar-refractivity contribution is 6.03. The maximum Gasteiger partial charge on any atom is 0.295 e. The number of fused-ring (bicyclic) bond motifs is 1. The first kappa shape index (κ1) is 20.0. The molecule has 0 radical (unpaired) electrons. The van der Waals surface area contributed by atoms with E-state index in [9.17, 15) is 19.8 Å². The van der Waals surface area contributed by atoms with Crippen molar-refractivity contribution in [1.82, 2.24) is 9.55 Å². The SMILES string of the molecule is C[C@H](c1ccccc1)n1c(O)c2ccc(C(=O)N=NC(=O)c3ccncc3)cc2c1O. The van der Waals surface area contributed by atoms with Crippen LogP contribution in [0.2, 0.25) is 0 Å². The maximum atomic E-state index is 12.4. The largest absolute Gasteiger partial charge is 0.494 e. The lowest BCUT2D eigenvalue weighted by atomic mass is 10.1. The Bertz CT molecular complexity index is 1300. The molecule has 4 rings (SSSR count). The fourth-order valence-electron chi connectivity index (χ4n) is 3.37. The fraction of sp³-hybridized carbons (Fsp3) is 0.0870. The van der Waals surface area contributed by atoms with Gasteiger partial charge in [0, 0.05) is 34.3 Å². The van der Waals surface area contributed by atoms with Crippen molar-refractivity contribution in [3.63, 3.8) is 0 Å². The molecule has 154 valence electrons. The Morgan fingerprint density at radius 1 is 0.839 bits per heavy atom. The molecule has 2 aromatic carbocycles. The van der Waals surface area contributed by atoms with Gasteiger partial charge in [0.15, 0.2) is 0 Å². The monoisotopic (exact) mass is 414 g/mol. The summed E-state index contributed by atoms with van der Waals surface area (Å²) in [5, 5.41) is 29.0. The molecule has 0 saturated carbocycles. The second-order valence-corrected chi connectivity index (χ2v) is 6.91. The Balaban J connectivity index is 1.65. The zero-order chi connectivity index (χ0) is 22.0. The highest BCUT2D eigenvalue weighted by Gasteiger charge is 2.22. The molecule has 8 nitrogen and oxygen atoms in total. The Morgan fingerprint density at radius 2 is 1.45 bits per heavy atom. The average Bonchev–Trinajstić information content (AvgIpc) is 3.07. The highest BCUT2D eigenvalue weighted by atomic mass is 16.3. The van der Waals surface area contributed by atoms with E-state index in [0.29, 0.717) is 10.8 Å². The van der Waals surface area contributed by atoms with Gasteiger partial charge in [-0.1, -0.05) is 30.3 Å². The van der Waals surface area contributed by atoms with Crippen molar-refractivity contribution in [2.45, 2.75) is 13.0 Å². The molecule has 0 fully saturated rings. The Hall–Kier alpha value is -4.33. The molecule has 0 aliphatic heterocycles. The van der Waals surface area contributed by atoms with Crippen LogP contribution in [0.15, 0.2) is 83.3 Å². The summed E-state index contributed by atoms with van der Waals surface area (Å²) in [6.45, 7) is 1.85. The summed E-state index contributed by atoms with van der Waals surface area (Å²) in [5.41, 5.74) is 1.28. The summed E-state index contributed by atoms with van der Waals surface area (Å²) in [6.07, 6.45) is 2.88. The molecule has 0 spiro atoms. The van der Waals surface area contributed by atoms with Gasteiger partial charge in [-0.3, -0.25) is 19.1 Å². The molecule has 0 unspecified atom stereocenters. The summed E-state index contributed by atoms with van der Waals surface area (Å²) in [5.74, 6) is -1.70. The normalized spacial score (nSPS) is 12.3. The number of aromatic hydroxyl groups is 2. The smallest absolute Gasteiger partial charge is 0.295 e. The molecule has 0 saturated heterocycles. The van der Waals surface area contributed by atoms with Crippen LogP contribution < -0.4 is 0 Å². The van der Waals surface area contributed by atoms with Crippen molar-refractivity contribution in [3.05, 3.63) is 89.7 Å². The van der Waals surface area contributed by atoms with Crippen LogP contribution in [0.3, 0.4) is 0 Å². The Morgan fingerprint density at radius 3 is 2.13 bits per heavy atom. The molecule has 31 heavy (non-hydrogen) atoms. The highest BCUT2D eigenvalue weighted by Crippen LogP contribution is 2.40. The quantitative estimate of drug-likeness (QED) is 0.477. The molecule has 2 heterocycles. The number of nitrogens with zero attached hydrogens (tertiary/aromatic N) is 4. The van der Waals surface area contributed by atoms with Gasteiger partial charge in [-0.15, -0.1) is 10.2 Å². The first-order valence-corrected chi connectivity index (χ1v) is 9.48. The lowest BCUT2D eigenvalue weighted by molar-refractivity contribution is 0.0947. The van der Waals surface area contributed by atoms with Gasteiger partial charge in [-0.2, -0.15) is 0 Å². The zero-order valence-corrected chi connectivity index (χ0v) is 16.5. The number of rotatable bonds is 4. The van der Waals surface area contributed by atoms with Crippen molar-refractivity contribution in [3.8, 4) is 11.8 Å². The van der Waals surface area contributed by atoms with Gasteiger partial charge >= 0.3 is 0 Å². The Labute approximate surface area is 177 Å². The van der Waals surface area contributed by atoms with Gasteiger partial charge in [0.2, 0.25) is 11.8 Å². The van der Waals surface area contributed by atoms with Crippen LogP contribution in [0.1, 0.15) is 39.2 Å². The number of aromatic nitrogens is 2. The van der Waals surface area contributed by atoms with Crippen LogP contribution in [-0.2, 0) is 0 Å². The topological polar surface area (TPSA) is 117 Å². The standard InChI is InChI=1S/C23H18N4O4/c1-14(15-5-3-2-4-6-15)27-22(30)18-8-7-17(13-19(18)23(27)31)21(29)26-25-20(28)16-9-11-24-12-10-16/h2-14,30-31H,1H3/t14-/m1/s1. The van der Waals surface area contributed by atoms with Crippen LogP contribution in [0.25, 0.3) is 10.8 Å². The van der Waals surface area contributed by atoms with Crippen LogP contribution in [0.4, 0.5) is 0 Å². The molecule has 0 bridgehead atoms. The molecular weight excluding hydrogens is 396 g/mol. The number of amides is 2. The number of carbonyl (C=O) groups is 2. The Kier molecular flexibility index (Phi) is 5.28. The minimum atomic E-state index is -0.743. The molecular formula is C23H18N4O4. The first-order chi connectivity index (χ1) is 15.0. The van der Waals surface area contributed by atoms with E-state index < -0.39 is 11.8 Å². The van der Waals surface area contributed by atoms with Crippen molar-refractivity contribution in [2.75, 3.05) is 0 Å². The third kappa shape index (κ3) is 3.78. The fourth-order valence-corrected chi connectivity index (χ4v) is 3.37. The van der Waals surface area contributed by atoms with E-state index in [-0.39, 0.29) is 28.9 Å². The van der Waals surface area contributed by atoms with Crippen LogP contribution in [0, 0.1) is 0 Å². The van der Waals surface area contributed by atoms with Gasteiger partial charge in [0.25, 0.3) is 11.8 Å². The molecule has 2 aromatic heterocycles. The zero-order valence-electron chi connectivity index (χ0n) is 16.5. The number of hydrogen-bond donors (Lipinski definition) is 2. The summed E-state index contributed by atoms with van der Waals surface area (Å²) >= 11 is 0. The number of pyridine rings is 1. The lowest BCUT2D eigenvalue weighted by Gasteiger charge is -2.16. The number of carbonyl (C=O) groups excluding carboxylic acids is 2. The van der Waals surface area contributed by atoms with Gasteiger partial charge in [-0.05, 0) is 42.8 Å². The first-order valence-electron chi connectivity index (χ1n) is 9.48. The predicted octanol–water partition coefficient (Wildman–Crippen LogP) is 4.49. The second kappa shape index (κ2) is 8.19. The molecule has 8 heteroatoms. The number of hydrogen-bond acceptors (Lipinski definition) is 5. The van der Waals surface area contributed by atoms with Crippen molar-refractivity contribution < 1.29 is 19.8 Å². The van der Waals surface area contributed by atoms with E-state index in [1.165, 1.54) is 47.3 Å². The van der Waals surface area contributed by atoms with E-state index in [1.54, 1.807) is 0 Å². The molecule has 0 aliphatic rings. The van der Waals surface area contributed by atoms with E-state index >= 15 is 0 Å². The number of azo groups is 1. The molecule has 4 aromatic rings. The summed E-state index contributed by atoms with van der Waals surface area (Å²) < 4.78 is 1.39. The minimum Gasteiger partial charge on any atom is -0.494 e. The maximum absolute atomic E-state index is 12.4. The van der Waals surface area contributed by atoms with Gasteiger partial charge in [-0.25, -0.2) is 0 Å². The van der Waals surface area contributed by atoms with E-state index in [1.807, 2.05) is 37.3 Å². The predicted molar refractivity (Wildman–Crippen MR) is 113 cm³/mol. The third-order valence-electron chi connectivity index (χ3n) is 5.03. The van der Waals surface area contributed by atoms with Gasteiger partial charge in [0.1, 0.15) is 0 Å². The third-order valence-corrected chi connectivity index (χ3v) is 5.03. The van der Waals surface area contributed by atoms with Crippen LogP contribution in [-0.4, -0.2) is 31.6 Å². The van der Waals surface area contributed by atoms with Crippen LogP contribution >= 0.6 is 0 Å².